The number of fused-ring (bicyclic) bond motifs is 1. The van der Waals surface area contributed by atoms with Crippen LogP contribution in [0.25, 0.3) is 11.1 Å². The van der Waals surface area contributed by atoms with Crippen LogP contribution in [-0.4, -0.2) is 39.2 Å². The third kappa shape index (κ3) is 3.89. The van der Waals surface area contributed by atoms with Crippen molar-refractivity contribution in [2.45, 2.75) is 44.8 Å². The van der Waals surface area contributed by atoms with Crippen LogP contribution in [0.5, 0.6) is 0 Å². The lowest BCUT2D eigenvalue weighted by molar-refractivity contribution is -0.137. The highest BCUT2D eigenvalue weighted by Crippen LogP contribution is 2.59. The second-order valence-electron chi connectivity index (χ2n) is 9.42. The largest absolute Gasteiger partial charge is 0.416 e. The molecule has 0 radical (unpaired) electrons. The summed E-state index contributed by atoms with van der Waals surface area (Å²) in [5, 5.41) is 3.88. The van der Waals surface area contributed by atoms with Gasteiger partial charge in [0.05, 0.1) is 22.4 Å². The fourth-order valence-electron chi connectivity index (χ4n) is 5.38. The minimum Gasteiger partial charge on any atom is -0.361 e. The molecule has 0 unspecified atom stereocenters. The van der Waals surface area contributed by atoms with Crippen molar-refractivity contribution in [2.75, 3.05) is 19.6 Å². The second-order valence-corrected chi connectivity index (χ2v) is 9.42. The Labute approximate surface area is 193 Å². The van der Waals surface area contributed by atoms with E-state index in [9.17, 15) is 22.8 Å². The quantitative estimate of drug-likeness (QED) is 0.591. The predicted octanol–water partition coefficient (Wildman–Crippen LogP) is 3.49. The maximum absolute atomic E-state index is 12.9. The molecular weight excluding hydrogens is 449 g/mol. The number of rotatable bonds is 6. The van der Waals surface area contributed by atoms with Gasteiger partial charge in [0, 0.05) is 31.2 Å². The number of aromatic nitrogens is 3. The number of piperidine rings is 1. The Hall–Kier alpha value is -3.14. The summed E-state index contributed by atoms with van der Waals surface area (Å²) >= 11 is 0. The van der Waals surface area contributed by atoms with Gasteiger partial charge in [-0.2, -0.15) is 13.2 Å². The molecule has 1 saturated heterocycles. The summed E-state index contributed by atoms with van der Waals surface area (Å²) in [5.74, 6) is 0.962. The Morgan fingerprint density at radius 1 is 1.18 bits per heavy atom. The van der Waals surface area contributed by atoms with E-state index in [1.165, 1.54) is 16.7 Å². The van der Waals surface area contributed by atoms with Crippen molar-refractivity contribution in [3.8, 4) is 11.1 Å². The van der Waals surface area contributed by atoms with Crippen molar-refractivity contribution in [3.63, 3.8) is 0 Å². The van der Waals surface area contributed by atoms with E-state index in [0.717, 1.165) is 31.6 Å². The number of aromatic amines is 1. The van der Waals surface area contributed by atoms with Crippen LogP contribution in [0.15, 0.2) is 44.6 Å². The summed E-state index contributed by atoms with van der Waals surface area (Å²) in [6, 6.07) is 5.56. The van der Waals surface area contributed by atoms with Crippen LogP contribution in [-0.2, 0) is 18.1 Å². The molecule has 2 aromatic heterocycles. The number of hydrogen-bond donors (Lipinski definition) is 1. The fourth-order valence-corrected chi connectivity index (χ4v) is 5.38. The Kier molecular flexibility index (Phi) is 5.31. The molecule has 7 nitrogen and oxygen atoms in total. The summed E-state index contributed by atoms with van der Waals surface area (Å²) < 4.78 is 45.3. The molecule has 0 amide bonds. The highest BCUT2D eigenvalue weighted by Gasteiger charge is 2.60. The molecule has 1 aliphatic carbocycles. The lowest BCUT2D eigenvalue weighted by Gasteiger charge is -2.21. The number of likely N-dealkylation sites (tertiary alicyclic amines) is 1. The monoisotopic (exact) mass is 474 g/mol. The Bertz CT molecular complexity index is 1320. The van der Waals surface area contributed by atoms with Gasteiger partial charge >= 0.3 is 11.9 Å². The lowest BCUT2D eigenvalue weighted by atomic mass is 9.94. The van der Waals surface area contributed by atoms with E-state index in [1.54, 1.807) is 32.2 Å². The van der Waals surface area contributed by atoms with E-state index in [4.69, 9.17) is 4.52 Å². The van der Waals surface area contributed by atoms with Gasteiger partial charge < -0.3 is 9.42 Å². The Morgan fingerprint density at radius 3 is 2.56 bits per heavy atom. The van der Waals surface area contributed by atoms with Gasteiger partial charge in [0.1, 0.15) is 5.76 Å². The van der Waals surface area contributed by atoms with Gasteiger partial charge in [-0.25, -0.2) is 4.79 Å². The average molecular weight is 474 g/mol. The first kappa shape index (κ1) is 22.6. The van der Waals surface area contributed by atoms with E-state index in [0.29, 0.717) is 41.5 Å². The van der Waals surface area contributed by atoms with Crippen molar-refractivity contribution in [3.05, 3.63) is 73.9 Å². The lowest BCUT2D eigenvalue weighted by Crippen LogP contribution is -2.32. The number of nitrogens with zero attached hydrogens (tertiary/aromatic N) is 3. The number of H-pyrrole nitrogens is 1. The Balaban J connectivity index is 1.24. The van der Waals surface area contributed by atoms with E-state index < -0.39 is 23.0 Å². The van der Waals surface area contributed by atoms with Crippen LogP contribution in [0.1, 0.15) is 35.4 Å². The molecule has 0 spiro atoms. The minimum absolute atomic E-state index is 0.0601. The van der Waals surface area contributed by atoms with Gasteiger partial charge in [0.25, 0.3) is 5.56 Å². The van der Waals surface area contributed by atoms with Crippen LogP contribution < -0.4 is 11.2 Å². The normalized spacial score (nSPS) is 22.2. The number of aryl methyl sites for hydroxylation is 3. The van der Waals surface area contributed by atoms with Crippen LogP contribution in [0, 0.1) is 19.8 Å². The molecular formula is C24H25F3N4O3. The number of alkyl halides is 3. The third-order valence-electron chi connectivity index (χ3n) is 7.19. The zero-order valence-corrected chi connectivity index (χ0v) is 18.9. The van der Waals surface area contributed by atoms with Gasteiger partial charge in [-0.1, -0.05) is 17.3 Å². The van der Waals surface area contributed by atoms with Crippen LogP contribution in [0.3, 0.4) is 0 Å². The minimum atomic E-state index is -4.33. The van der Waals surface area contributed by atoms with Crippen molar-refractivity contribution in [1.82, 2.24) is 19.6 Å². The first-order valence-corrected chi connectivity index (χ1v) is 11.3. The van der Waals surface area contributed by atoms with Crippen molar-refractivity contribution in [1.29, 1.82) is 0 Å². The van der Waals surface area contributed by atoms with E-state index in [1.807, 2.05) is 0 Å². The zero-order chi connectivity index (χ0) is 24.3. The molecule has 180 valence electrons. The van der Waals surface area contributed by atoms with Crippen molar-refractivity contribution >= 4 is 0 Å². The predicted molar refractivity (Wildman–Crippen MR) is 119 cm³/mol. The topological polar surface area (TPSA) is 84.1 Å². The summed E-state index contributed by atoms with van der Waals surface area (Å²) in [7, 11) is 0. The van der Waals surface area contributed by atoms with E-state index >= 15 is 0 Å². The molecule has 1 aliphatic heterocycles. The van der Waals surface area contributed by atoms with Crippen molar-refractivity contribution in [2.24, 2.45) is 5.92 Å². The third-order valence-corrected chi connectivity index (χ3v) is 7.19. The molecule has 2 aliphatic rings. The highest BCUT2D eigenvalue weighted by atomic mass is 19.4. The molecule has 2 atom stereocenters. The summed E-state index contributed by atoms with van der Waals surface area (Å²) in [6.07, 6.45) is -1.08. The molecule has 1 saturated carbocycles. The fraction of sp³-hybridized carbons (Fsp3) is 0.458. The molecule has 3 heterocycles. The van der Waals surface area contributed by atoms with Gasteiger partial charge in [0.2, 0.25) is 0 Å². The highest BCUT2D eigenvalue weighted by molar-refractivity contribution is 5.65. The molecule has 10 heteroatoms. The Morgan fingerprint density at radius 2 is 1.91 bits per heavy atom. The van der Waals surface area contributed by atoms with Crippen molar-refractivity contribution < 1.29 is 17.7 Å². The zero-order valence-electron chi connectivity index (χ0n) is 18.9. The molecule has 5 rings (SSSR count). The molecule has 2 fully saturated rings. The van der Waals surface area contributed by atoms with Gasteiger partial charge in [0.15, 0.2) is 0 Å². The van der Waals surface area contributed by atoms with Gasteiger partial charge in [-0.3, -0.25) is 14.3 Å². The first-order valence-electron chi connectivity index (χ1n) is 11.3. The summed E-state index contributed by atoms with van der Waals surface area (Å²) in [5.41, 5.74) is 0.858. The number of hydrogen-bond acceptors (Lipinski definition) is 5. The molecule has 1 N–H and O–H groups in total. The SMILES string of the molecule is Cc1noc(C)c1-c1cn(CCCN2C[C@@H]3C[C@]3(c3ccc(C(F)(F)F)cc3)C2)c(=O)[nH]c1=O. The van der Waals surface area contributed by atoms with Gasteiger partial charge in [-0.05, 0) is 56.8 Å². The van der Waals surface area contributed by atoms with Crippen LogP contribution in [0.4, 0.5) is 13.2 Å². The van der Waals surface area contributed by atoms with Crippen LogP contribution >= 0.6 is 0 Å². The number of nitrogens with one attached hydrogen (secondary N) is 1. The smallest absolute Gasteiger partial charge is 0.361 e. The van der Waals surface area contributed by atoms with E-state index in [2.05, 4.69) is 15.0 Å². The molecule has 1 aromatic carbocycles. The maximum atomic E-state index is 12.9. The first-order chi connectivity index (χ1) is 16.1. The summed E-state index contributed by atoms with van der Waals surface area (Å²) in [4.78, 5) is 29.4. The van der Waals surface area contributed by atoms with Gasteiger partial charge in [-0.15, -0.1) is 0 Å². The summed E-state index contributed by atoms with van der Waals surface area (Å²) in [6.45, 7) is 6.34. The molecule has 3 aromatic rings. The van der Waals surface area contributed by atoms with E-state index in [-0.39, 0.29) is 5.41 Å². The average Bonchev–Trinajstić information content (AvgIpc) is 3.19. The van der Waals surface area contributed by atoms with Crippen LogP contribution in [0.2, 0.25) is 0 Å². The number of benzene rings is 1. The maximum Gasteiger partial charge on any atom is 0.416 e. The second kappa shape index (κ2) is 7.97. The standard InChI is InChI=1S/C24H25F3N4O3/c1-14-20(15(2)34-29-14)19-12-31(22(33)28-21(19)32)9-3-8-30-11-18-10-23(18,13-30)16-4-6-17(7-5-16)24(25,26)27/h4-7,12,18H,3,8-11,13H2,1-2H3,(H,28,32,33)/t18-,23+/m0/s1. The molecule has 34 heavy (non-hydrogen) atoms. The molecule has 0 bridgehead atoms. The number of halogens is 3.